The highest BCUT2D eigenvalue weighted by Gasteiger charge is 2.29. The molecule has 0 aliphatic heterocycles. The van der Waals surface area contributed by atoms with Crippen molar-refractivity contribution in [1.82, 2.24) is 4.98 Å². The topological polar surface area (TPSA) is 60.2 Å². The van der Waals surface area contributed by atoms with Crippen molar-refractivity contribution in [3.63, 3.8) is 0 Å². The van der Waals surface area contributed by atoms with E-state index in [0.717, 1.165) is 29.4 Å². The summed E-state index contributed by atoms with van der Waals surface area (Å²) in [6.07, 6.45) is 4.17. The Morgan fingerprint density at radius 2 is 2.11 bits per heavy atom. The van der Waals surface area contributed by atoms with Crippen LogP contribution in [0.3, 0.4) is 0 Å². The number of fused-ring (bicyclic) bond motifs is 1. The average Bonchev–Trinajstić information content (AvgIpc) is 2.35. The third-order valence-electron chi connectivity index (χ3n) is 3.58. The second-order valence-corrected chi connectivity index (χ2v) is 4.78. The number of methoxy groups -OCH3 is 1. The van der Waals surface area contributed by atoms with Crippen LogP contribution < -0.4 is 11.1 Å². The van der Waals surface area contributed by atoms with Crippen molar-refractivity contribution in [2.24, 2.45) is 0 Å². The molecule has 94 valence electrons. The molecule has 2 aromatic rings. The molecule has 0 spiro atoms. The Hall–Kier alpha value is -1.81. The third-order valence-corrected chi connectivity index (χ3v) is 3.58. The van der Waals surface area contributed by atoms with Crippen LogP contribution in [0.25, 0.3) is 10.9 Å². The molecule has 18 heavy (non-hydrogen) atoms. The highest BCUT2D eigenvalue weighted by Crippen LogP contribution is 2.32. The minimum absolute atomic E-state index is 0.386. The molecule has 1 aliphatic carbocycles. The molecule has 1 aliphatic rings. The van der Waals surface area contributed by atoms with Crippen LogP contribution in [0.4, 0.5) is 11.4 Å². The lowest BCUT2D eigenvalue weighted by atomic mass is 9.89. The van der Waals surface area contributed by atoms with Crippen LogP contribution in [0.5, 0.6) is 0 Å². The number of nitrogens with one attached hydrogen (secondary N) is 1. The molecule has 1 aromatic heterocycles. The Balaban J connectivity index is 1.89. The van der Waals surface area contributed by atoms with E-state index in [1.165, 1.54) is 0 Å². The maximum atomic E-state index is 6.02. The molecule has 4 heteroatoms. The fraction of sp³-hybridized carbons (Fsp3) is 0.357. The lowest BCUT2D eigenvalue weighted by Gasteiger charge is -2.35. The zero-order valence-electron chi connectivity index (χ0n) is 10.4. The molecule has 1 saturated carbocycles. The van der Waals surface area contributed by atoms with Crippen molar-refractivity contribution >= 4 is 22.3 Å². The summed E-state index contributed by atoms with van der Waals surface area (Å²) in [5.41, 5.74) is 8.70. The molecule has 0 bridgehead atoms. The zero-order valence-corrected chi connectivity index (χ0v) is 10.4. The van der Waals surface area contributed by atoms with Crippen molar-refractivity contribution in [1.29, 1.82) is 0 Å². The first kappa shape index (κ1) is 11.3. The Morgan fingerprint density at radius 1 is 1.33 bits per heavy atom. The van der Waals surface area contributed by atoms with E-state index in [9.17, 15) is 0 Å². The van der Waals surface area contributed by atoms with Gasteiger partial charge in [-0.05, 0) is 18.9 Å². The Morgan fingerprint density at radius 3 is 2.89 bits per heavy atom. The predicted molar refractivity (Wildman–Crippen MR) is 73.6 cm³/mol. The highest BCUT2D eigenvalue weighted by atomic mass is 16.5. The SMILES string of the molecule is COC1CC(Nc2c(N)cnc3ccccc23)C1. The van der Waals surface area contributed by atoms with E-state index < -0.39 is 0 Å². The fourth-order valence-electron chi connectivity index (χ4n) is 2.40. The number of nitrogen functional groups attached to an aromatic ring is 1. The maximum Gasteiger partial charge on any atom is 0.0743 e. The summed E-state index contributed by atoms with van der Waals surface area (Å²) in [5, 5.41) is 4.59. The molecule has 0 saturated heterocycles. The van der Waals surface area contributed by atoms with Crippen LogP contribution in [0, 0.1) is 0 Å². The van der Waals surface area contributed by atoms with Crippen LogP contribution in [0.2, 0.25) is 0 Å². The number of benzene rings is 1. The van der Waals surface area contributed by atoms with E-state index in [2.05, 4.69) is 10.3 Å². The number of para-hydroxylation sites is 1. The lowest BCUT2D eigenvalue weighted by Crippen LogP contribution is -2.40. The van der Waals surface area contributed by atoms with Gasteiger partial charge in [0, 0.05) is 18.5 Å². The molecule has 0 radical (unpaired) electrons. The van der Waals surface area contributed by atoms with Gasteiger partial charge >= 0.3 is 0 Å². The van der Waals surface area contributed by atoms with Gasteiger partial charge in [0.05, 0.1) is 29.2 Å². The number of pyridine rings is 1. The molecular formula is C14H17N3O. The summed E-state index contributed by atoms with van der Waals surface area (Å²) in [5.74, 6) is 0. The number of rotatable bonds is 3. The van der Waals surface area contributed by atoms with Gasteiger partial charge in [-0.15, -0.1) is 0 Å². The van der Waals surface area contributed by atoms with Gasteiger partial charge in [0.2, 0.25) is 0 Å². The van der Waals surface area contributed by atoms with Crippen molar-refractivity contribution in [2.75, 3.05) is 18.2 Å². The van der Waals surface area contributed by atoms with E-state index in [1.807, 2.05) is 24.3 Å². The fourth-order valence-corrected chi connectivity index (χ4v) is 2.40. The van der Waals surface area contributed by atoms with Crippen molar-refractivity contribution in [3.8, 4) is 0 Å². The molecular weight excluding hydrogens is 226 g/mol. The van der Waals surface area contributed by atoms with Crippen LogP contribution in [-0.4, -0.2) is 24.2 Å². The van der Waals surface area contributed by atoms with Gasteiger partial charge in [0.25, 0.3) is 0 Å². The van der Waals surface area contributed by atoms with Gasteiger partial charge < -0.3 is 15.8 Å². The number of hydrogen-bond donors (Lipinski definition) is 2. The largest absolute Gasteiger partial charge is 0.396 e. The van der Waals surface area contributed by atoms with Gasteiger partial charge in [0.1, 0.15) is 0 Å². The number of ether oxygens (including phenoxy) is 1. The van der Waals surface area contributed by atoms with Gasteiger partial charge in [0.15, 0.2) is 0 Å². The van der Waals surface area contributed by atoms with Crippen LogP contribution in [-0.2, 0) is 4.74 Å². The minimum Gasteiger partial charge on any atom is -0.396 e. The monoisotopic (exact) mass is 243 g/mol. The lowest BCUT2D eigenvalue weighted by molar-refractivity contribution is 0.0329. The molecule has 0 unspecified atom stereocenters. The summed E-state index contributed by atoms with van der Waals surface area (Å²) < 4.78 is 5.29. The van der Waals surface area contributed by atoms with E-state index in [1.54, 1.807) is 13.3 Å². The van der Waals surface area contributed by atoms with Crippen LogP contribution in [0.1, 0.15) is 12.8 Å². The number of anilines is 2. The van der Waals surface area contributed by atoms with E-state index in [-0.39, 0.29) is 0 Å². The first-order valence-corrected chi connectivity index (χ1v) is 6.20. The first-order valence-electron chi connectivity index (χ1n) is 6.20. The highest BCUT2D eigenvalue weighted by molar-refractivity contribution is 5.96. The van der Waals surface area contributed by atoms with E-state index in [4.69, 9.17) is 10.5 Å². The molecule has 1 fully saturated rings. The summed E-state index contributed by atoms with van der Waals surface area (Å²) in [6.45, 7) is 0. The standard InChI is InChI=1S/C14H17N3O/c1-18-10-6-9(7-10)17-14-11-4-2-3-5-13(11)16-8-12(14)15/h2-5,8-10H,6-7,15H2,1H3,(H,16,17). The molecule has 3 N–H and O–H groups in total. The van der Waals surface area contributed by atoms with Gasteiger partial charge in [-0.2, -0.15) is 0 Å². The Bertz CT molecular complexity index is 564. The normalized spacial score (nSPS) is 22.7. The third kappa shape index (κ3) is 1.88. The first-order chi connectivity index (χ1) is 8.78. The Kier molecular flexibility index (Phi) is 2.80. The summed E-state index contributed by atoms with van der Waals surface area (Å²) in [6, 6.07) is 8.49. The van der Waals surface area contributed by atoms with Crippen LogP contribution in [0.15, 0.2) is 30.5 Å². The van der Waals surface area contributed by atoms with Crippen molar-refractivity contribution < 1.29 is 4.74 Å². The molecule has 3 rings (SSSR count). The molecule has 1 aromatic carbocycles. The van der Waals surface area contributed by atoms with Crippen LogP contribution >= 0.6 is 0 Å². The summed E-state index contributed by atoms with van der Waals surface area (Å²) in [7, 11) is 1.76. The summed E-state index contributed by atoms with van der Waals surface area (Å²) >= 11 is 0. The zero-order chi connectivity index (χ0) is 12.5. The Labute approximate surface area is 106 Å². The van der Waals surface area contributed by atoms with Gasteiger partial charge in [-0.25, -0.2) is 0 Å². The predicted octanol–water partition coefficient (Wildman–Crippen LogP) is 2.41. The van der Waals surface area contributed by atoms with Crippen molar-refractivity contribution in [3.05, 3.63) is 30.5 Å². The minimum atomic E-state index is 0.386. The quantitative estimate of drug-likeness (QED) is 0.869. The number of nitrogens with two attached hydrogens (primary N) is 1. The molecule has 0 atom stereocenters. The molecule has 4 nitrogen and oxygen atoms in total. The van der Waals surface area contributed by atoms with Gasteiger partial charge in [-0.1, -0.05) is 18.2 Å². The smallest absolute Gasteiger partial charge is 0.0743 e. The second-order valence-electron chi connectivity index (χ2n) is 4.78. The van der Waals surface area contributed by atoms with E-state index >= 15 is 0 Å². The maximum absolute atomic E-state index is 6.02. The average molecular weight is 243 g/mol. The molecule has 0 amide bonds. The second kappa shape index (κ2) is 4.46. The molecule has 1 heterocycles. The van der Waals surface area contributed by atoms with Gasteiger partial charge in [-0.3, -0.25) is 4.98 Å². The van der Waals surface area contributed by atoms with Crippen molar-refractivity contribution in [2.45, 2.75) is 25.0 Å². The number of aromatic nitrogens is 1. The number of nitrogens with zero attached hydrogens (tertiary/aromatic N) is 1. The summed E-state index contributed by atoms with van der Waals surface area (Å²) in [4.78, 5) is 4.33. The number of hydrogen-bond acceptors (Lipinski definition) is 4. The van der Waals surface area contributed by atoms with E-state index in [0.29, 0.717) is 17.8 Å².